The number of carbonyl (C=O) groups is 1. The number of hydrogen-bond acceptors (Lipinski definition) is 2. The lowest BCUT2D eigenvalue weighted by atomic mass is 10.5. The van der Waals surface area contributed by atoms with Crippen LogP contribution in [0, 0.1) is 0 Å². The van der Waals surface area contributed by atoms with Gasteiger partial charge in [0.25, 0.3) is 0 Å². The first kappa shape index (κ1) is 9.79. The van der Waals surface area contributed by atoms with Crippen molar-refractivity contribution in [2.75, 3.05) is 5.88 Å². The fourth-order valence-corrected chi connectivity index (χ4v) is 0.687. The predicted octanol–water partition coefficient (Wildman–Crippen LogP) is 1.91. The van der Waals surface area contributed by atoms with Crippen LogP contribution in [0.1, 0.15) is 6.92 Å². The van der Waals surface area contributed by atoms with Crippen LogP contribution in [0.4, 0.5) is 0 Å². The molecule has 2 nitrogen and oxygen atoms in total. The number of halogens is 2. The molecule has 0 amide bonds. The molecule has 0 saturated heterocycles. The van der Waals surface area contributed by atoms with Crippen molar-refractivity contribution in [3.63, 3.8) is 0 Å². The molecule has 0 N–H and O–H groups in total. The zero-order chi connectivity index (χ0) is 7.98. The van der Waals surface area contributed by atoms with E-state index >= 15 is 0 Å². The molecular weight excluding hydrogens is 175 g/mol. The van der Waals surface area contributed by atoms with Gasteiger partial charge in [0, 0.05) is 12.8 Å². The molecular formula is C6H8Cl2O2. The second-order valence-corrected chi connectivity index (χ2v) is 2.28. The number of rotatable bonds is 3. The maximum atomic E-state index is 10.2. The first-order valence-electron chi connectivity index (χ1n) is 2.70. The third kappa shape index (κ3) is 5.92. The van der Waals surface area contributed by atoms with E-state index in [1.165, 1.54) is 13.0 Å². The van der Waals surface area contributed by atoms with Crippen LogP contribution in [-0.2, 0) is 9.53 Å². The van der Waals surface area contributed by atoms with Gasteiger partial charge in [-0.3, -0.25) is 4.79 Å². The lowest BCUT2D eigenvalue weighted by Gasteiger charge is -2.02. The van der Waals surface area contributed by atoms with Crippen molar-refractivity contribution in [2.45, 2.75) is 12.5 Å². The summed E-state index contributed by atoms with van der Waals surface area (Å²) in [5.74, 6) is -0.0379. The number of hydrogen-bond donors (Lipinski definition) is 0. The molecule has 0 bridgehead atoms. The van der Waals surface area contributed by atoms with E-state index in [0.29, 0.717) is 5.88 Å². The number of allylic oxidation sites excluding steroid dienone is 1. The summed E-state index contributed by atoms with van der Waals surface area (Å²) in [5, 5.41) is 0. The second kappa shape index (κ2) is 5.57. The highest BCUT2D eigenvalue weighted by molar-refractivity contribution is 6.21. The van der Waals surface area contributed by atoms with Crippen LogP contribution < -0.4 is 0 Å². The fraction of sp³-hybridized carbons (Fsp3) is 0.500. The third-order valence-corrected chi connectivity index (χ3v) is 1.07. The Labute approximate surface area is 69.8 Å². The lowest BCUT2D eigenvalue weighted by Crippen LogP contribution is -2.06. The quantitative estimate of drug-likeness (QED) is 0.379. The smallest absolute Gasteiger partial charge is 0.304 e. The maximum Gasteiger partial charge on any atom is 0.304 e. The second-order valence-electron chi connectivity index (χ2n) is 1.54. The number of esters is 1. The summed E-state index contributed by atoms with van der Waals surface area (Å²) in [6.07, 6.45) is 3.12. The summed E-state index contributed by atoms with van der Waals surface area (Å²) in [6.45, 7) is 1.30. The average Bonchev–Trinajstić information content (AvgIpc) is 1.82. The molecule has 0 aromatic carbocycles. The molecule has 58 valence electrons. The molecule has 0 aromatic heterocycles. The zero-order valence-electron chi connectivity index (χ0n) is 5.51. The zero-order valence-corrected chi connectivity index (χ0v) is 7.02. The molecule has 10 heavy (non-hydrogen) atoms. The van der Waals surface area contributed by atoms with E-state index in [4.69, 9.17) is 23.2 Å². The number of ether oxygens (including phenoxy) is 1. The van der Waals surface area contributed by atoms with Crippen molar-refractivity contribution in [1.82, 2.24) is 0 Å². The van der Waals surface area contributed by atoms with E-state index < -0.39 is 11.5 Å². The molecule has 0 radical (unpaired) electrons. The molecule has 0 saturated carbocycles. The summed E-state index contributed by atoms with van der Waals surface area (Å²) in [7, 11) is 0. The lowest BCUT2D eigenvalue weighted by molar-refractivity contribution is -0.141. The highest BCUT2D eigenvalue weighted by atomic mass is 35.5. The minimum Gasteiger partial charge on any atom is -0.442 e. The van der Waals surface area contributed by atoms with E-state index in [0.717, 1.165) is 0 Å². The van der Waals surface area contributed by atoms with Gasteiger partial charge in [0.05, 0.1) is 0 Å². The Kier molecular flexibility index (Phi) is 5.45. The molecule has 0 aliphatic carbocycles. The van der Waals surface area contributed by atoms with Crippen LogP contribution in [0.5, 0.6) is 0 Å². The Hall–Kier alpha value is -0.210. The van der Waals surface area contributed by atoms with Crippen LogP contribution in [-0.4, -0.2) is 17.4 Å². The number of carbonyl (C=O) groups excluding carboxylic acids is 1. The van der Waals surface area contributed by atoms with Gasteiger partial charge in [-0.25, -0.2) is 0 Å². The SMILES string of the molecule is CC(=O)OC(Cl)/C=C/CCl. The van der Waals surface area contributed by atoms with Crippen LogP contribution in [0.15, 0.2) is 12.2 Å². The average molecular weight is 183 g/mol. The summed E-state index contributed by atoms with van der Waals surface area (Å²) < 4.78 is 4.53. The molecule has 0 aromatic rings. The van der Waals surface area contributed by atoms with Crippen molar-refractivity contribution in [3.05, 3.63) is 12.2 Å². The van der Waals surface area contributed by atoms with Crippen LogP contribution >= 0.6 is 23.2 Å². The standard InChI is InChI=1S/C6H8Cl2O2/c1-5(9)10-6(8)3-2-4-7/h2-3,6H,4H2,1H3/b3-2+. The largest absolute Gasteiger partial charge is 0.442 e. The van der Waals surface area contributed by atoms with Gasteiger partial charge in [0.15, 0.2) is 5.56 Å². The molecule has 1 unspecified atom stereocenters. The topological polar surface area (TPSA) is 26.3 Å². The van der Waals surface area contributed by atoms with Crippen LogP contribution in [0.3, 0.4) is 0 Å². The Bertz CT molecular complexity index is 134. The minimum atomic E-state index is -0.698. The van der Waals surface area contributed by atoms with Crippen molar-refractivity contribution in [1.29, 1.82) is 0 Å². The van der Waals surface area contributed by atoms with Crippen molar-refractivity contribution in [3.8, 4) is 0 Å². The molecule has 0 rings (SSSR count). The van der Waals surface area contributed by atoms with E-state index in [-0.39, 0.29) is 0 Å². The monoisotopic (exact) mass is 182 g/mol. The van der Waals surface area contributed by atoms with Crippen LogP contribution in [0.2, 0.25) is 0 Å². The fourth-order valence-electron chi connectivity index (χ4n) is 0.356. The first-order valence-corrected chi connectivity index (χ1v) is 3.68. The van der Waals surface area contributed by atoms with Gasteiger partial charge in [-0.15, -0.1) is 11.6 Å². The summed E-state index contributed by atoms with van der Waals surface area (Å²) in [4.78, 5) is 10.2. The van der Waals surface area contributed by atoms with E-state index in [1.54, 1.807) is 6.08 Å². The van der Waals surface area contributed by atoms with Gasteiger partial charge in [0.1, 0.15) is 0 Å². The van der Waals surface area contributed by atoms with Gasteiger partial charge in [-0.2, -0.15) is 0 Å². The maximum absolute atomic E-state index is 10.2. The third-order valence-electron chi connectivity index (χ3n) is 0.655. The number of alkyl halides is 2. The van der Waals surface area contributed by atoms with Crippen molar-refractivity contribution >= 4 is 29.2 Å². The van der Waals surface area contributed by atoms with Crippen molar-refractivity contribution in [2.24, 2.45) is 0 Å². The first-order chi connectivity index (χ1) is 4.66. The summed E-state index contributed by atoms with van der Waals surface area (Å²) in [6, 6.07) is 0. The van der Waals surface area contributed by atoms with Gasteiger partial charge in [-0.1, -0.05) is 17.7 Å². The summed E-state index contributed by atoms with van der Waals surface area (Å²) >= 11 is 10.8. The molecule has 0 spiro atoms. The van der Waals surface area contributed by atoms with E-state index in [2.05, 4.69) is 4.74 Å². The van der Waals surface area contributed by atoms with Crippen LogP contribution in [0.25, 0.3) is 0 Å². The molecule has 1 atom stereocenters. The normalized spacial score (nSPS) is 13.5. The van der Waals surface area contributed by atoms with E-state index in [9.17, 15) is 4.79 Å². The van der Waals surface area contributed by atoms with Gasteiger partial charge < -0.3 is 4.74 Å². The van der Waals surface area contributed by atoms with Gasteiger partial charge in [0.2, 0.25) is 0 Å². The Morgan fingerprint density at radius 2 is 2.40 bits per heavy atom. The highest BCUT2D eigenvalue weighted by Gasteiger charge is 2.00. The minimum absolute atomic E-state index is 0.366. The Balaban J connectivity index is 3.52. The molecule has 4 heteroatoms. The molecule has 0 aliphatic heterocycles. The Morgan fingerprint density at radius 1 is 1.80 bits per heavy atom. The Morgan fingerprint density at radius 3 is 2.80 bits per heavy atom. The summed E-state index contributed by atoms with van der Waals surface area (Å²) in [5.41, 5.74) is -0.698. The molecule has 0 aliphatic rings. The van der Waals surface area contributed by atoms with Crippen molar-refractivity contribution < 1.29 is 9.53 Å². The van der Waals surface area contributed by atoms with E-state index in [1.807, 2.05) is 0 Å². The molecule has 0 fully saturated rings. The molecule has 0 heterocycles. The van der Waals surface area contributed by atoms with Gasteiger partial charge in [-0.05, 0) is 6.08 Å². The van der Waals surface area contributed by atoms with Gasteiger partial charge >= 0.3 is 5.97 Å². The predicted molar refractivity (Wildman–Crippen MR) is 41.3 cm³/mol. The highest BCUT2D eigenvalue weighted by Crippen LogP contribution is 2.00.